The molecule has 152 valence electrons. The summed E-state index contributed by atoms with van der Waals surface area (Å²) < 4.78 is 0. The van der Waals surface area contributed by atoms with Crippen LogP contribution in [0.15, 0.2) is 42.5 Å². The van der Waals surface area contributed by atoms with Gasteiger partial charge in [-0.05, 0) is 37.5 Å². The van der Waals surface area contributed by atoms with Crippen LogP contribution in [-0.4, -0.2) is 35.7 Å². The number of benzene rings is 2. The van der Waals surface area contributed by atoms with Gasteiger partial charge in [-0.1, -0.05) is 48.0 Å². The summed E-state index contributed by atoms with van der Waals surface area (Å²) >= 11 is 0. The molecule has 3 amide bonds. The molecule has 1 atom stereocenters. The van der Waals surface area contributed by atoms with Crippen molar-refractivity contribution in [2.75, 3.05) is 18.4 Å². The van der Waals surface area contributed by atoms with Crippen LogP contribution in [0.2, 0.25) is 0 Å². The summed E-state index contributed by atoms with van der Waals surface area (Å²) in [5, 5.41) is 5.51. The lowest BCUT2D eigenvalue weighted by molar-refractivity contribution is -0.129. The zero-order chi connectivity index (χ0) is 21.0. The Bertz CT molecular complexity index is 901. The van der Waals surface area contributed by atoms with Gasteiger partial charge in [-0.15, -0.1) is 0 Å². The molecule has 1 saturated heterocycles. The summed E-state index contributed by atoms with van der Waals surface area (Å²) in [5.74, 6) is -1.01. The van der Waals surface area contributed by atoms with E-state index in [1.54, 1.807) is 4.90 Å². The van der Waals surface area contributed by atoms with Gasteiger partial charge in [-0.3, -0.25) is 14.4 Å². The van der Waals surface area contributed by atoms with Crippen LogP contribution in [0.5, 0.6) is 0 Å². The van der Waals surface area contributed by atoms with Gasteiger partial charge in [0, 0.05) is 25.2 Å². The highest BCUT2D eigenvalue weighted by Gasteiger charge is 2.34. The van der Waals surface area contributed by atoms with Crippen LogP contribution in [0.4, 0.5) is 5.69 Å². The van der Waals surface area contributed by atoms with Crippen LogP contribution < -0.4 is 10.6 Å². The molecule has 0 radical (unpaired) electrons. The van der Waals surface area contributed by atoms with Crippen molar-refractivity contribution in [2.45, 2.75) is 33.7 Å². The molecule has 3 rings (SSSR count). The molecule has 1 heterocycles. The van der Waals surface area contributed by atoms with Crippen molar-refractivity contribution in [3.05, 3.63) is 64.7 Å². The van der Waals surface area contributed by atoms with Crippen molar-refractivity contribution in [3.63, 3.8) is 0 Å². The topological polar surface area (TPSA) is 78.5 Å². The fourth-order valence-electron chi connectivity index (χ4n) is 3.52. The molecule has 0 aliphatic carbocycles. The van der Waals surface area contributed by atoms with E-state index in [1.807, 2.05) is 63.2 Å². The molecule has 0 unspecified atom stereocenters. The average molecular weight is 393 g/mol. The van der Waals surface area contributed by atoms with Crippen LogP contribution in [0.25, 0.3) is 0 Å². The number of anilines is 1. The Balaban J connectivity index is 1.50. The monoisotopic (exact) mass is 393 g/mol. The number of hydrogen-bond acceptors (Lipinski definition) is 3. The normalized spacial score (nSPS) is 16.0. The molecule has 2 aromatic rings. The molecule has 0 spiro atoms. The summed E-state index contributed by atoms with van der Waals surface area (Å²) in [6.45, 7) is 6.62. The Morgan fingerprint density at radius 3 is 2.34 bits per heavy atom. The fourth-order valence-corrected chi connectivity index (χ4v) is 3.52. The van der Waals surface area contributed by atoms with E-state index in [9.17, 15) is 14.4 Å². The van der Waals surface area contributed by atoms with Crippen molar-refractivity contribution in [1.29, 1.82) is 0 Å². The van der Waals surface area contributed by atoms with E-state index in [0.717, 1.165) is 27.9 Å². The lowest BCUT2D eigenvalue weighted by atomic mass is 10.1. The zero-order valence-electron chi connectivity index (χ0n) is 17.1. The van der Waals surface area contributed by atoms with Crippen LogP contribution in [0, 0.1) is 26.7 Å². The molecule has 1 aliphatic rings. The second-order valence-electron chi connectivity index (χ2n) is 7.69. The number of carbonyl (C=O) groups excluding carboxylic acids is 3. The van der Waals surface area contributed by atoms with Gasteiger partial charge in [0.15, 0.2) is 0 Å². The Labute approximate surface area is 171 Å². The zero-order valence-corrected chi connectivity index (χ0v) is 17.1. The summed E-state index contributed by atoms with van der Waals surface area (Å²) in [5.41, 5.74) is 4.92. The van der Waals surface area contributed by atoms with Crippen molar-refractivity contribution < 1.29 is 14.4 Å². The van der Waals surface area contributed by atoms with Crippen molar-refractivity contribution >= 4 is 23.4 Å². The summed E-state index contributed by atoms with van der Waals surface area (Å²) in [4.78, 5) is 38.7. The Morgan fingerprint density at radius 1 is 1.03 bits per heavy atom. The summed E-state index contributed by atoms with van der Waals surface area (Å²) in [7, 11) is 0. The Morgan fingerprint density at radius 2 is 1.69 bits per heavy atom. The molecular formula is C23H27N3O3. The highest BCUT2D eigenvalue weighted by molar-refractivity contribution is 5.97. The fraction of sp³-hybridized carbons (Fsp3) is 0.348. The Hall–Kier alpha value is -3.15. The smallest absolute Gasteiger partial charge is 0.243 e. The van der Waals surface area contributed by atoms with Gasteiger partial charge in [-0.25, -0.2) is 0 Å². The van der Waals surface area contributed by atoms with Gasteiger partial charge in [0.25, 0.3) is 0 Å². The van der Waals surface area contributed by atoms with Gasteiger partial charge < -0.3 is 15.5 Å². The number of nitrogens with zero attached hydrogens (tertiary/aromatic N) is 1. The van der Waals surface area contributed by atoms with E-state index in [4.69, 9.17) is 0 Å². The quantitative estimate of drug-likeness (QED) is 0.792. The van der Waals surface area contributed by atoms with Crippen molar-refractivity contribution in [3.8, 4) is 0 Å². The molecule has 2 aromatic carbocycles. The molecule has 29 heavy (non-hydrogen) atoms. The number of para-hydroxylation sites is 1. The minimum Gasteiger partial charge on any atom is -0.347 e. The predicted molar refractivity (Wildman–Crippen MR) is 112 cm³/mol. The number of amides is 3. The third-order valence-electron chi connectivity index (χ3n) is 5.25. The maximum absolute atomic E-state index is 12.5. The van der Waals surface area contributed by atoms with Gasteiger partial charge in [0.2, 0.25) is 17.7 Å². The maximum atomic E-state index is 12.5. The standard InChI is InChI=1S/C23H27N3O3/c1-15-7-9-18(10-8-15)13-26-14-19(11-21(26)28)23(29)24-12-20(27)25-22-16(2)5-4-6-17(22)3/h4-10,19H,11-14H2,1-3H3,(H,24,29)(H,25,27)/t19-/m1/s1. The number of rotatable bonds is 6. The number of likely N-dealkylation sites (tertiary alicyclic amines) is 1. The molecular weight excluding hydrogens is 366 g/mol. The maximum Gasteiger partial charge on any atom is 0.243 e. The molecule has 1 fully saturated rings. The minimum atomic E-state index is -0.430. The third kappa shape index (κ3) is 5.22. The molecule has 0 saturated carbocycles. The van der Waals surface area contributed by atoms with Crippen molar-refractivity contribution in [1.82, 2.24) is 10.2 Å². The number of carbonyl (C=O) groups is 3. The van der Waals surface area contributed by atoms with E-state index in [0.29, 0.717) is 13.1 Å². The van der Waals surface area contributed by atoms with E-state index in [1.165, 1.54) is 0 Å². The second kappa shape index (κ2) is 8.90. The number of aryl methyl sites for hydroxylation is 3. The number of hydrogen-bond donors (Lipinski definition) is 2. The summed E-state index contributed by atoms with van der Waals surface area (Å²) in [6.07, 6.45) is 0.177. The first-order chi connectivity index (χ1) is 13.8. The van der Waals surface area contributed by atoms with Crippen LogP contribution in [0.3, 0.4) is 0 Å². The predicted octanol–water partition coefficient (Wildman–Crippen LogP) is 2.72. The van der Waals surface area contributed by atoms with E-state index in [-0.39, 0.29) is 30.7 Å². The van der Waals surface area contributed by atoms with E-state index >= 15 is 0 Å². The highest BCUT2D eigenvalue weighted by Crippen LogP contribution is 2.21. The van der Waals surface area contributed by atoms with Gasteiger partial charge in [-0.2, -0.15) is 0 Å². The van der Waals surface area contributed by atoms with Gasteiger partial charge in [0.1, 0.15) is 0 Å². The van der Waals surface area contributed by atoms with Crippen LogP contribution in [-0.2, 0) is 20.9 Å². The van der Waals surface area contributed by atoms with E-state index in [2.05, 4.69) is 10.6 Å². The molecule has 6 nitrogen and oxygen atoms in total. The molecule has 6 heteroatoms. The number of nitrogens with one attached hydrogen (secondary N) is 2. The summed E-state index contributed by atoms with van der Waals surface area (Å²) in [6, 6.07) is 13.8. The lowest BCUT2D eigenvalue weighted by Crippen LogP contribution is -2.38. The van der Waals surface area contributed by atoms with Crippen LogP contribution in [0.1, 0.15) is 28.7 Å². The first-order valence-electron chi connectivity index (χ1n) is 9.80. The molecule has 2 N–H and O–H groups in total. The molecule has 1 aliphatic heterocycles. The van der Waals surface area contributed by atoms with E-state index < -0.39 is 5.92 Å². The second-order valence-corrected chi connectivity index (χ2v) is 7.69. The highest BCUT2D eigenvalue weighted by atomic mass is 16.2. The largest absolute Gasteiger partial charge is 0.347 e. The first kappa shape index (κ1) is 20.6. The van der Waals surface area contributed by atoms with Gasteiger partial charge >= 0.3 is 0 Å². The third-order valence-corrected chi connectivity index (χ3v) is 5.25. The minimum absolute atomic E-state index is 0.0364. The van der Waals surface area contributed by atoms with Crippen LogP contribution >= 0.6 is 0 Å². The van der Waals surface area contributed by atoms with Crippen molar-refractivity contribution in [2.24, 2.45) is 5.92 Å². The SMILES string of the molecule is Cc1ccc(CN2C[C@H](C(=O)NCC(=O)Nc3c(C)cccc3C)CC2=O)cc1. The lowest BCUT2D eigenvalue weighted by Gasteiger charge is -2.17. The molecule has 0 aromatic heterocycles. The first-order valence-corrected chi connectivity index (χ1v) is 9.80. The average Bonchev–Trinajstić information content (AvgIpc) is 3.05. The Kier molecular flexibility index (Phi) is 6.32. The van der Waals surface area contributed by atoms with Gasteiger partial charge in [0.05, 0.1) is 12.5 Å². The molecule has 0 bridgehead atoms.